The molecule has 0 aliphatic heterocycles. The van der Waals surface area contributed by atoms with Crippen LogP contribution in [0.4, 0.5) is 0 Å². The molecule has 1 unspecified atom stereocenters. The highest BCUT2D eigenvalue weighted by Gasteiger charge is 2.17. The average Bonchev–Trinajstić information content (AvgIpc) is 3.25. The summed E-state index contributed by atoms with van der Waals surface area (Å²) < 4.78 is 17.4. The highest BCUT2D eigenvalue weighted by molar-refractivity contribution is 5.70. The normalized spacial score (nSPS) is 12.5. The lowest BCUT2D eigenvalue weighted by atomic mass is 10.0. The maximum absolute atomic E-state index is 12.8. The third-order valence-electron chi connectivity index (χ3n) is 11.4. The van der Waals surface area contributed by atoms with E-state index in [1.807, 2.05) is 0 Å². The van der Waals surface area contributed by atoms with E-state index in [1.54, 1.807) is 0 Å². The van der Waals surface area contributed by atoms with E-state index >= 15 is 0 Å². The molecule has 0 saturated carbocycles. The van der Waals surface area contributed by atoms with Crippen molar-refractivity contribution in [3.8, 4) is 0 Å². The number of allylic oxidation sites excluding steroid dienone is 8. The van der Waals surface area contributed by atoms with Crippen LogP contribution < -0.4 is 0 Å². The Labute approximate surface area is 373 Å². The van der Waals surface area contributed by atoms with Crippen molar-refractivity contribution in [1.82, 2.24) is 0 Å². The predicted octanol–water partition coefficient (Wildman–Crippen LogP) is 17.6. The Morgan fingerprint density at radius 2 is 0.750 bits per heavy atom. The fourth-order valence-electron chi connectivity index (χ4n) is 7.50. The van der Waals surface area contributed by atoms with Crippen molar-refractivity contribution in [2.75, 3.05) is 19.8 Å². The zero-order valence-corrected chi connectivity index (χ0v) is 40.2. The van der Waals surface area contributed by atoms with Crippen LogP contribution >= 0.6 is 0 Å². The van der Waals surface area contributed by atoms with Gasteiger partial charge in [-0.1, -0.05) is 243 Å². The summed E-state index contributed by atoms with van der Waals surface area (Å²) in [5, 5.41) is 0. The van der Waals surface area contributed by atoms with E-state index in [2.05, 4.69) is 69.4 Å². The molecule has 0 saturated heterocycles. The third kappa shape index (κ3) is 48.5. The van der Waals surface area contributed by atoms with E-state index in [1.165, 1.54) is 154 Å². The molecule has 0 rings (SSSR count). The summed E-state index contributed by atoms with van der Waals surface area (Å²) in [6.07, 6.45) is 62.6. The van der Waals surface area contributed by atoms with E-state index in [9.17, 15) is 9.59 Å². The Kier molecular flexibility index (Phi) is 49.4. The van der Waals surface area contributed by atoms with Gasteiger partial charge in [-0.2, -0.15) is 0 Å². The maximum Gasteiger partial charge on any atom is 0.306 e. The molecule has 0 amide bonds. The van der Waals surface area contributed by atoms with Crippen LogP contribution in [0.1, 0.15) is 265 Å². The molecule has 5 nitrogen and oxygen atoms in total. The fraction of sp³-hybridized carbons (Fsp3) is 0.818. The highest BCUT2D eigenvalue weighted by atomic mass is 16.6. The smallest absolute Gasteiger partial charge is 0.306 e. The molecule has 0 aliphatic rings. The Morgan fingerprint density at radius 3 is 1.20 bits per heavy atom. The van der Waals surface area contributed by atoms with Crippen LogP contribution in [-0.4, -0.2) is 37.9 Å². The molecule has 0 N–H and O–H groups in total. The van der Waals surface area contributed by atoms with Gasteiger partial charge in [0.25, 0.3) is 0 Å². The van der Waals surface area contributed by atoms with Gasteiger partial charge in [-0.15, -0.1) is 0 Å². The van der Waals surface area contributed by atoms with Crippen LogP contribution in [-0.2, 0) is 23.8 Å². The van der Waals surface area contributed by atoms with Gasteiger partial charge in [0.2, 0.25) is 0 Å². The van der Waals surface area contributed by atoms with E-state index in [4.69, 9.17) is 14.2 Å². The molecule has 0 heterocycles. The first-order chi connectivity index (χ1) is 29.6. The van der Waals surface area contributed by atoms with Gasteiger partial charge in [-0.25, -0.2) is 0 Å². The molecule has 0 aromatic heterocycles. The fourth-order valence-corrected chi connectivity index (χ4v) is 7.50. The Hall–Kier alpha value is -2.14. The molecule has 1 atom stereocenters. The number of rotatable bonds is 48. The van der Waals surface area contributed by atoms with Crippen molar-refractivity contribution < 1.29 is 23.8 Å². The SMILES string of the molecule is CC/C=C\C/C=C\C/C=C\C/C=C\CCCCCCC(=O)OCC(COCCCCCCCCCCCCCC)OC(=O)CCCCCCCCCCCCCCCCC. The van der Waals surface area contributed by atoms with Crippen molar-refractivity contribution in [1.29, 1.82) is 0 Å². The lowest BCUT2D eigenvalue weighted by Crippen LogP contribution is -2.30. The summed E-state index contributed by atoms with van der Waals surface area (Å²) in [5.41, 5.74) is 0. The minimum atomic E-state index is -0.541. The van der Waals surface area contributed by atoms with Gasteiger partial charge >= 0.3 is 11.9 Å². The predicted molar refractivity (Wildman–Crippen MR) is 261 cm³/mol. The van der Waals surface area contributed by atoms with Crippen molar-refractivity contribution in [2.45, 2.75) is 271 Å². The second-order valence-corrected chi connectivity index (χ2v) is 17.4. The molecule has 0 aromatic carbocycles. The molecule has 0 fully saturated rings. The second kappa shape index (κ2) is 51.2. The van der Waals surface area contributed by atoms with E-state index in [0.717, 1.165) is 77.0 Å². The second-order valence-electron chi connectivity index (χ2n) is 17.4. The Morgan fingerprint density at radius 1 is 0.383 bits per heavy atom. The number of hydrogen-bond acceptors (Lipinski definition) is 5. The van der Waals surface area contributed by atoms with E-state index < -0.39 is 6.10 Å². The van der Waals surface area contributed by atoms with Crippen LogP contribution in [0.5, 0.6) is 0 Å². The zero-order chi connectivity index (χ0) is 43.5. The summed E-state index contributed by atoms with van der Waals surface area (Å²) in [7, 11) is 0. The lowest BCUT2D eigenvalue weighted by molar-refractivity contribution is -0.163. The minimum absolute atomic E-state index is 0.0771. The molecular weight excluding hydrogens is 741 g/mol. The number of ether oxygens (including phenoxy) is 3. The van der Waals surface area contributed by atoms with Gasteiger partial charge in [0, 0.05) is 19.4 Å². The van der Waals surface area contributed by atoms with Crippen molar-refractivity contribution >= 4 is 11.9 Å². The molecule has 60 heavy (non-hydrogen) atoms. The molecule has 350 valence electrons. The van der Waals surface area contributed by atoms with Gasteiger partial charge in [0.15, 0.2) is 6.10 Å². The van der Waals surface area contributed by atoms with E-state index in [-0.39, 0.29) is 25.2 Å². The molecule has 0 spiro atoms. The molecule has 0 bridgehead atoms. The summed E-state index contributed by atoms with van der Waals surface area (Å²) >= 11 is 0. The number of esters is 2. The summed E-state index contributed by atoms with van der Waals surface area (Å²) in [4.78, 5) is 25.4. The topological polar surface area (TPSA) is 61.8 Å². The molecule has 5 heteroatoms. The summed E-state index contributed by atoms with van der Waals surface area (Å²) in [6, 6.07) is 0. The maximum atomic E-state index is 12.8. The van der Waals surface area contributed by atoms with Gasteiger partial charge < -0.3 is 14.2 Å². The van der Waals surface area contributed by atoms with Crippen molar-refractivity contribution in [3.05, 3.63) is 48.6 Å². The summed E-state index contributed by atoms with van der Waals surface area (Å²) in [6.45, 7) is 7.73. The van der Waals surface area contributed by atoms with Crippen molar-refractivity contribution in [3.63, 3.8) is 0 Å². The average molecular weight is 841 g/mol. The largest absolute Gasteiger partial charge is 0.462 e. The molecule has 0 radical (unpaired) electrons. The quantitative estimate of drug-likeness (QED) is 0.0347. The molecule has 0 aromatic rings. The first-order valence-electron chi connectivity index (χ1n) is 26.2. The van der Waals surface area contributed by atoms with Crippen LogP contribution in [0.2, 0.25) is 0 Å². The Bertz CT molecular complexity index is 997. The molecule has 0 aliphatic carbocycles. The first kappa shape index (κ1) is 57.9. The number of unbranched alkanes of at least 4 members (excludes halogenated alkanes) is 29. The lowest BCUT2D eigenvalue weighted by Gasteiger charge is -2.18. The number of carbonyl (C=O) groups is 2. The highest BCUT2D eigenvalue weighted by Crippen LogP contribution is 2.16. The number of hydrogen-bond donors (Lipinski definition) is 0. The zero-order valence-electron chi connectivity index (χ0n) is 40.2. The Balaban J connectivity index is 4.27. The monoisotopic (exact) mass is 841 g/mol. The standard InChI is InChI=1S/C55H100O5/c1-4-7-10-13-16-19-22-25-27-28-30-31-33-36-39-42-45-48-54(56)59-52-53(51-58-50-47-44-41-38-35-24-21-18-15-12-9-6-3)60-55(57)49-46-43-40-37-34-32-29-26-23-20-17-14-11-8-5-2/h7,10,16,19,25,27,30-31,53H,4-6,8-9,11-15,17-18,20-24,26,28-29,32-52H2,1-3H3/b10-7-,19-16-,27-25-,31-30-. The van der Waals surface area contributed by atoms with E-state index in [0.29, 0.717) is 19.4 Å². The summed E-state index contributed by atoms with van der Waals surface area (Å²) in [5.74, 6) is -0.411. The van der Waals surface area contributed by atoms with Crippen LogP contribution in [0, 0.1) is 0 Å². The van der Waals surface area contributed by atoms with Gasteiger partial charge in [0.1, 0.15) is 6.61 Å². The third-order valence-corrected chi connectivity index (χ3v) is 11.4. The minimum Gasteiger partial charge on any atom is -0.462 e. The first-order valence-corrected chi connectivity index (χ1v) is 26.2. The van der Waals surface area contributed by atoms with Gasteiger partial charge in [0.05, 0.1) is 6.61 Å². The van der Waals surface area contributed by atoms with Crippen LogP contribution in [0.25, 0.3) is 0 Å². The number of carbonyl (C=O) groups excluding carboxylic acids is 2. The van der Waals surface area contributed by atoms with Crippen LogP contribution in [0.15, 0.2) is 48.6 Å². The molecular formula is C55H100O5. The van der Waals surface area contributed by atoms with Crippen molar-refractivity contribution in [2.24, 2.45) is 0 Å². The van der Waals surface area contributed by atoms with Gasteiger partial charge in [-0.3, -0.25) is 9.59 Å². The van der Waals surface area contributed by atoms with Crippen LogP contribution in [0.3, 0.4) is 0 Å². The van der Waals surface area contributed by atoms with Gasteiger partial charge in [-0.05, 0) is 57.8 Å².